The Morgan fingerprint density at radius 1 is 1.50 bits per heavy atom. The van der Waals surface area contributed by atoms with Crippen LogP contribution in [0.3, 0.4) is 0 Å². The van der Waals surface area contributed by atoms with Gasteiger partial charge in [-0.05, 0) is 41.1 Å². The molecule has 0 aliphatic rings. The molecule has 1 aromatic carbocycles. The van der Waals surface area contributed by atoms with Gasteiger partial charge in [0.05, 0.1) is 0 Å². The van der Waals surface area contributed by atoms with Crippen molar-refractivity contribution in [1.29, 1.82) is 0 Å². The molecule has 0 fully saturated rings. The minimum absolute atomic E-state index is 0.328. The van der Waals surface area contributed by atoms with E-state index < -0.39 is 17.9 Å². The number of hydrogen-bond donors (Lipinski definition) is 3. The zero-order valence-electron chi connectivity index (χ0n) is 8.53. The van der Waals surface area contributed by atoms with Crippen molar-refractivity contribution >= 4 is 33.5 Å². The lowest BCUT2D eigenvalue weighted by molar-refractivity contribution is -0.138. The highest BCUT2D eigenvalue weighted by molar-refractivity contribution is 9.10. The number of nitrogens with two attached hydrogens (primary N) is 1. The molecular weight excluding hydrogens is 276 g/mol. The Balaban J connectivity index is 2.81. The van der Waals surface area contributed by atoms with E-state index in [4.69, 9.17) is 10.8 Å². The second-order valence-corrected chi connectivity index (χ2v) is 4.12. The first-order chi connectivity index (χ1) is 7.41. The summed E-state index contributed by atoms with van der Waals surface area (Å²) >= 11 is 3.20. The maximum atomic E-state index is 11.6. The SMILES string of the molecule is CC(NC(=O)c1ccc(Br)c(N)c1)C(=O)O. The van der Waals surface area contributed by atoms with E-state index in [1.54, 1.807) is 12.1 Å². The van der Waals surface area contributed by atoms with Gasteiger partial charge in [-0.15, -0.1) is 0 Å². The summed E-state index contributed by atoms with van der Waals surface area (Å²) in [5, 5.41) is 11.0. The highest BCUT2D eigenvalue weighted by atomic mass is 79.9. The number of amides is 1. The summed E-state index contributed by atoms with van der Waals surface area (Å²) < 4.78 is 0.690. The number of carbonyl (C=O) groups excluding carboxylic acids is 1. The fourth-order valence-electron chi connectivity index (χ4n) is 1.03. The highest BCUT2D eigenvalue weighted by Crippen LogP contribution is 2.20. The molecule has 1 unspecified atom stereocenters. The molecule has 6 heteroatoms. The molecule has 86 valence electrons. The summed E-state index contributed by atoms with van der Waals surface area (Å²) in [4.78, 5) is 22.1. The van der Waals surface area contributed by atoms with Crippen molar-refractivity contribution in [2.75, 3.05) is 5.73 Å². The molecule has 0 bridgehead atoms. The fourth-order valence-corrected chi connectivity index (χ4v) is 1.27. The van der Waals surface area contributed by atoms with Crippen LogP contribution in [0.4, 0.5) is 5.69 Å². The van der Waals surface area contributed by atoms with Crippen molar-refractivity contribution in [3.8, 4) is 0 Å². The van der Waals surface area contributed by atoms with E-state index in [9.17, 15) is 9.59 Å². The quantitative estimate of drug-likeness (QED) is 0.729. The fraction of sp³-hybridized carbons (Fsp3) is 0.200. The van der Waals surface area contributed by atoms with Crippen LogP contribution in [0.1, 0.15) is 17.3 Å². The van der Waals surface area contributed by atoms with Crippen LogP contribution in [-0.4, -0.2) is 23.0 Å². The second kappa shape index (κ2) is 4.98. The summed E-state index contributed by atoms with van der Waals surface area (Å²) in [6, 6.07) is 3.74. The zero-order chi connectivity index (χ0) is 12.3. The van der Waals surface area contributed by atoms with Gasteiger partial charge < -0.3 is 16.2 Å². The third kappa shape index (κ3) is 2.96. The first-order valence-corrected chi connectivity index (χ1v) is 5.30. The van der Waals surface area contributed by atoms with E-state index in [2.05, 4.69) is 21.2 Å². The molecule has 16 heavy (non-hydrogen) atoms. The summed E-state index contributed by atoms with van der Waals surface area (Å²) in [6.07, 6.45) is 0. The lowest BCUT2D eigenvalue weighted by Gasteiger charge is -2.09. The van der Waals surface area contributed by atoms with Crippen molar-refractivity contribution in [2.45, 2.75) is 13.0 Å². The van der Waals surface area contributed by atoms with Gasteiger partial charge in [0.2, 0.25) is 0 Å². The van der Waals surface area contributed by atoms with Crippen molar-refractivity contribution in [1.82, 2.24) is 5.32 Å². The average molecular weight is 287 g/mol. The number of anilines is 1. The van der Waals surface area contributed by atoms with Gasteiger partial charge in [-0.2, -0.15) is 0 Å². The molecule has 1 rings (SSSR count). The Morgan fingerprint density at radius 3 is 2.62 bits per heavy atom. The molecule has 5 nitrogen and oxygen atoms in total. The lowest BCUT2D eigenvalue weighted by Crippen LogP contribution is -2.38. The molecule has 0 spiro atoms. The Kier molecular flexibility index (Phi) is 3.89. The van der Waals surface area contributed by atoms with E-state index in [0.717, 1.165) is 0 Å². The number of nitrogens with one attached hydrogen (secondary N) is 1. The minimum Gasteiger partial charge on any atom is -0.480 e. The number of benzene rings is 1. The molecule has 1 amide bonds. The summed E-state index contributed by atoms with van der Waals surface area (Å²) in [7, 11) is 0. The van der Waals surface area contributed by atoms with Crippen LogP contribution in [0.25, 0.3) is 0 Å². The number of hydrogen-bond acceptors (Lipinski definition) is 3. The van der Waals surface area contributed by atoms with Crippen LogP contribution < -0.4 is 11.1 Å². The van der Waals surface area contributed by atoms with Gasteiger partial charge in [0, 0.05) is 15.7 Å². The minimum atomic E-state index is -1.08. The maximum Gasteiger partial charge on any atom is 0.325 e. The van der Waals surface area contributed by atoms with Crippen LogP contribution >= 0.6 is 15.9 Å². The predicted octanol–water partition coefficient (Wildman–Crippen LogP) is 1.23. The molecule has 0 saturated carbocycles. The predicted molar refractivity (Wildman–Crippen MR) is 63.1 cm³/mol. The molecule has 0 aliphatic carbocycles. The third-order valence-corrected chi connectivity index (χ3v) is 2.70. The number of rotatable bonds is 3. The molecule has 1 aromatic rings. The maximum absolute atomic E-state index is 11.6. The molecule has 4 N–H and O–H groups in total. The first kappa shape index (κ1) is 12.5. The Morgan fingerprint density at radius 2 is 2.12 bits per heavy atom. The molecule has 0 aliphatic heterocycles. The van der Waals surface area contributed by atoms with Crippen molar-refractivity contribution in [3.05, 3.63) is 28.2 Å². The van der Waals surface area contributed by atoms with Gasteiger partial charge in [0.25, 0.3) is 5.91 Å². The largest absolute Gasteiger partial charge is 0.480 e. The van der Waals surface area contributed by atoms with Gasteiger partial charge in [-0.1, -0.05) is 0 Å². The van der Waals surface area contributed by atoms with E-state index >= 15 is 0 Å². The Bertz CT molecular complexity index is 434. The van der Waals surface area contributed by atoms with Crippen LogP contribution in [0, 0.1) is 0 Å². The summed E-state index contributed by atoms with van der Waals surface area (Å²) in [5.41, 5.74) is 6.36. The van der Waals surface area contributed by atoms with Crippen molar-refractivity contribution < 1.29 is 14.7 Å². The zero-order valence-corrected chi connectivity index (χ0v) is 10.1. The topological polar surface area (TPSA) is 92.4 Å². The molecule has 0 saturated heterocycles. The van der Waals surface area contributed by atoms with Gasteiger partial charge in [-0.25, -0.2) is 0 Å². The number of nitrogen functional groups attached to an aromatic ring is 1. The molecular formula is C10H11BrN2O3. The second-order valence-electron chi connectivity index (χ2n) is 3.27. The third-order valence-electron chi connectivity index (χ3n) is 1.98. The number of carboxylic acids is 1. The summed E-state index contributed by atoms with van der Waals surface area (Å²) in [5.74, 6) is -1.55. The molecule has 1 atom stereocenters. The van der Waals surface area contributed by atoms with Gasteiger partial charge in [-0.3, -0.25) is 9.59 Å². The van der Waals surface area contributed by atoms with Crippen LogP contribution in [0.2, 0.25) is 0 Å². The highest BCUT2D eigenvalue weighted by Gasteiger charge is 2.15. The Labute approximate surface area is 101 Å². The molecule has 0 heterocycles. The van der Waals surface area contributed by atoms with E-state index in [-0.39, 0.29) is 0 Å². The monoisotopic (exact) mass is 286 g/mol. The molecule has 0 radical (unpaired) electrons. The van der Waals surface area contributed by atoms with Crippen molar-refractivity contribution in [3.63, 3.8) is 0 Å². The van der Waals surface area contributed by atoms with Gasteiger partial charge in [0.1, 0.15) is 6.04 Å². The number of halogens is 1. The first-order valence-electron chi connectivity index (χ1n) is 4.50. The summed E-state index contributed by atoms with van der Waals surface area (Å²) in [6.45, 7) is 1.39. The average Bonchev–Trinajstić information content (AvgIpc) is 2.21. The molecule has 0 aromatic heterocycles. The Hall–Kier alpha value is -1.56. The normalized spacial score (nSPS) is 11.9. The van der Waals surface area contributed by atoms with E-state index in [1.165, 1.54) is 13.0 Å². The smallest absolute Gasteiger partial charge is 0.325 e. The van der Waals surface area contributed by atoms with E-state index in [0.29, 0.717) is 15.7 Å². The van der Waals surface area contributed by atoms with Gasteiger partial charge >= 0.3 is 5.97 Å². The number of carboxylic acid groups (broad SMARTS) is 1. The van der Waals surface area contributed by atoms with Crippen LogP contribution in [0.5, 0.6) is 0 Å². The van der Waals surface area contributed by atoms with E-state index in [1.807, 2.05) is 0 Å². The standard InChI is InChI=1S/C10H11BrN2O3/c1-5(10(15)16)13-9(14)6-2-3-7(11)8(12)4-6/h2-5H,12H2,1H3,(H,13,14)(H,15,16). The van der Waals surface area contributed by atoms with Crippen molar-refractivity contribution in [2.24, 2.45) is 0 Å². The lowest BCUT2D eigenvalue weighted by atomic mass is 10.2. The number of aliphatic carboxylic acids is 1. The number of carbonyl (C=O) groups is 2. The van der Waals surface area contributed by atoms with Gasteiger partial charge in [0.15, 0.2) is 0 Å². The van der Waals surface area contributed by atoms with Crippen LogP contribution in [0.15, 0.2) is 22.7 Å². The van der Waals surface area contributed by atoms with Crippen LogP contribution in [-0.2, 0) is 4.79 Å².